The minimum atomic E-state index is -0.675. The molecule has 0 unspecified atom stereocenters. The predicted molar refractivity (Wildman–Crippen MR) is 62.9 cm³/mol. The maximum absolute atomic E-state index is 13.3. The van der Waals surface area contributed by atoms with Gasteiger partial charge in [-0.2, -0.15) is 0 Å². The van der Waals surface area contributed by atoms with Crippen LogP contribution in [-0.2, 0) is 16.2 Å². The molecule has 0 spiro atoms. The molecular formula is C11H14FN3O3. The SMILES string of the molecule is NC(=O)CN(CC(N)=O)c1cc(F)cc(CO)c1. The average molecular weight is 255 g/mol. The summed E-state index contributed by atoms with van der Waals surface area (Å²) in [6, 6.07) is 3.73. The average Bonchev–Trinajstić information content (AvgIpc) is 2.26. The van der Waals surface area contributed by atoms with Crippen molar-refractivity contribution in [1.82, 2.24) is 0 Å². The van der Waals surface area contributed by atoms with Gasteiger partial charge in [-0.05, 0) is 23.8 Å². The summed E-state index contributed by atoms with van der Waals surface area (Å²) in [4.78, 5) is 23.0. The Bertz CT molecular complexity index is 449. The molecule has 0 fully saturated rings. The molecule has 0 aliphatic carbocycles. The molecule has 0 radical (unpaired) electrons. The Morgan fingerprint density at radius 2 is 1.72 bits per heavy atom. The van der Waals surface area contributed by atoms with Crippen molar-refractivity contribution in [2.24, 2.45) is 11.5 Å². The zero-order valence-corrected chi connectivity index (χ0v) is 9.60. The first kappa shape index (κ1) is 13.9. The Kier molecular flexibility index (Phi) is 4.61. The number of benzene rings is 1. The van der Waals surface area contributed by atoms with Crippen LogP contribution >= 0.6 is 0 Å². The molecule has 2 amide bonds. The molecular weight excluding hydrogens is 241 g/mol. The van der Waals surface area contributed by atoms with Crippen molar-refractivity contribution >= 4 is 17.5 Å². The first-order valence-corrected chi connectivity index (χ1v) is 5.14. The summed E-state index contributed by atoms with van der Waals surface area (Å²) in [5, 5.41) is 8.96. The fourth-order valence-electron chi connectivity index (χ4n) is 1.52. The summed E-state index contributed by atoms with van der Waals surface area (Å²) in [5.74, 6) is -1.94. The van der Waals surface area contributed by atoms with E-state index in [1.54, 1.807) is 0 Å². The second kappa shape index (κ2) is 5.97. The van der Waals surface area contributed by atoms with E-state index in [0.717, 1.165) is 12.1 Å². The Hall–Kier alpha value is -2.15. The molecule has 1 aromatic rings. The Labute approximate surface area is 103 Å². The largest absolute Gasteiger partial charge is 0.392 e. The number of hydrogen-bond donors (Lipinski definition) is 3. The number of carbonyl (C=O) groups is 2. The summed E-state index contributed by atoms with van der Waals surface area (Å²) in [6.45, 7) is -0.889. The van der Waals surface area contributed by atoms with Crippen molar-refractivity contribution in [3.63, 3.8) is 0 Å². The highest BCUT2D eigenvalue weighted by atomic mass is 19.1. The number of nitrogens with zero attached hydrogens (tertiary/aromatic N) is 1. The zero-order valence-electron chi connectivity index (χ0n) is 9.60. The van der Waals surface area contributed by atoms with Crippen LogP contribution in [0.3, 0.4) is 0 Å². The topological polar surface area (TPSA) is 110 Å². The number of aliphatic hydroxyl groups is 1. The van der Waals surface area contributed by atoms with Crippen LogP contribution < -0.4 is 16.4 Å². The van der Waals surface area contributed by atoms with E-state index in [-0.39, 0.29) is 25.4 Å². The minimum absolute atomic E-state index is 0.261. The van der Waals surface area contributed by atoms with Gasteiger partial charge in [-0.1, -0.05) is 0 Å². The summed E-state index contributed by atoms with van der Waals surface area (Å²) >= 11 is 0. The molecule has 98 valence electrons. The number of rotatable bonds is 6. The van der Waals surface area contributed by atoms with Crippen LogP contribution in [0.1, 0.15) is 5.56 Å². The quantitative estimate of drug-likeness (QED) is 0.611. The number of anilines is 1. The lowest BCUT2D eigenvalue weighted by molar-refractivity contribution is -0.117. The highest BCUT2D eigenvalue weighted by Gasteiger charge is 2.13. The number of hydrogen-bond acceptors (Lipinski definition) is 4. The fraction of sp³-hybridized carbons (Fsp3) is 0.273. The van der Waals surface area contributed by atoms with Gasteiger partial charge in [0, 0.05) is 5.69 Å². The molecule has 0 bridgehead atoms. The lowest BCUT2D eigenvalue weighted by Gasteiger charge is -2.22. The van der Waals surface area contributed by atoms with Gasteiger partial charge in [0.2, 0.25) is 11.8 Å². The number of aliphatic hydroxyl groups excluding tert-OH is 1. The van der Waals surface area contributed by atoms with Gasteiger partial charge in [-0.3, -0.25) is 9.59 Å². The summed E-state index contributed by atoms with van der Waals surface area (Å²) in [6.07, 6.45) is 0. The van der Waals surface area contributed by atoms with E-state index >= 15 is 0 Å². The van der Waals surface area contributed by atoms with Gasteiger partial charge in [0.05, 0.1) is 19.7 Å². The number of nitrogens with two attached hydrogens (primary N) is 2. The minimum Gasteiger partial charge on any atom is -0.392 e. The van der Waals surface area contributed by atoms with E-state index in [2.05, 4.69) is 0 Å². The van der Waals surface area contributed by atoms with Gasteiger partial charge in [0.1, 0.15) is 5.82 Å². The van der Waals surface area contributed by atoms with E-state index in [9.17, 15) is 14.0 Å². The summed E-state index contributed by atoms with van der Waals surface area (Å²) in [5.41, 5.74) is 10.7. The standard InChI is InChI=1S/C11H14FN3O3/c12-8-1-7(6-16)2-9(3-8)15(4-10(13)17)5-11(14)18/h1-3,16H,4-6H2,(H2,13,17)(H2,14,18). The molecule has 0 heterocycles. The summed E-state index contributed by atoms with van der Waals surface area (Å²) in [7, 11) is 0. The molecule has 1 aromatic carbocycles. The third-order valence-electron chi connectivity index (χ3n) is 2.18. The number of amides is 2. The molecule has 0 aromatic heterocycles. The van der Waals surface area contributed by atoms with Crippen molar-refractivity contribution in [3.05, 3.63) is 29.6 Å². The molecule has 0 aliphatic rings. The molecule has 0 aliphatic heterocycles. The lowest BCUT2D eigenvalue weighted by atomic mass is 10.2. The van der Waals surface area contributed by atoms with Crippen LogP contribution in [0.15, 0.2) is 18.2 Å². The Morgan fingerprint density at radius 1 is 1.17 bits per heavy atom. The maximum atomic E-state index is 13.3. The molecule has 7 heteroatoms. The number of halogens is 1. The van der Waals surface area contributed by atoms with Crippen LogP contribution in [0.4, 0.5) is 10.1 Å². The van der Waals surface area contributed by atoms with E-state index in [4.69, 9.17) is 16.6 Å². The van der Waals surface area contributed by atoms with Crippen LogP contribution in [0.5, 0.6) is 0 Å². The first-order valence-electron chi connectivity index (χ1n) is 5.14. The predicted octanol–water partition coefficient (Wildman–Crippen LogP) is -0.905. The van der Waals surface area contributed by atoms with Gasteiger partial charge in [0.25, 0.3) is 0 Å². The molecule has 0 atom stereocenters. The molecule has 18 heavy (non-hydrogen) atoms. The van der Waals surface area contributed by atoms with Crippen molar-refractivity contribution in [3.8, 4) is 0 Å². The van der Waals surface area contributed by atoms with Crippen LogP contribution in [0.2, 0.25) is 0 Å². The van der Waals surface area contributed by atoms with E-state index in [1.165, 1.54) is 11.0 Å². The Balaban J connectivity index is 3.06. The van der Waals surface area contributed by atoms with Gasteiger partial charge in [-0.15, -0.1) is 0 Å². The van der Waals surface area contributed by atoms with Crippen LogP contribution in [0.25, 0.3) is 0 Å². The third kappa shape index (κ3) is 4.02. The first-order chi connectivity index (χ1) is 8.42. The summed E-state index contributed by atoms with van der Waals surface area (Å²) < 4.78 is 13.3. The second-order valence-corrected chi connectivity index (χ2v) is 3.76. The van der Waals surface area contributed by atoms with Gasteiger partial charge in [0.15, 0.2) is 0 Å². The fourth-order valence-corrected chi connectivity index (χ4v) is 1.52. The third-order valence-corrected chi connectivity index (χ3v) is 2.18. The smallest absolute Gasteiger partial charge is 0.236 e. The number of carbonyl (C=O) groups excluding carboxylic acids is 2. The van der Waals surface area contributed by atoms with E-state index < -0.39 is 17.6 Å². The van der Waals surface area contributed by atoms with Crippen LogP contribution in [0, 0.1) is 5.82 Å². The van der Waals surface area contributed by atoms with Crippen molar-refractivity contribution in [2.45, 2.75) is 6.61 Å². The van der Waals surface area contributed by atoms with Crippen molar-refractivity contribution in [1.29, 1.82) is 0 Å². The van der Waals surface area contributed by atoms with E-state index in [1.807, 2.05) is 0 Å². The van der Waals surface area contributed by atoms with Crippen LogP contribution in [-0.4, -0.2) is 30.0 Å². The normalized spacial score (nSPS) is 10.1. The maximum Gasteiger partial charge on any atom is 0.236 e. The van der Waals surface area contributed by atoms with Gasteiger partial charge < -0.3 is 21.5 Å². The molecule has 6 nitrogen and oxygen atoms in total. The Morgan fingerprint density at radius 3 is 2.17 bits per heavy atom. The second-order valence-electron chi connectivity index (χ2n) is 3.76. The van der Waals surface area contributed by atoms with Gasteiger partial charge >= 0.3 is 0 Å². The molecule has 1 rings (SSSR count). The van der Waals surface area contributed by atoms with E-state index in [0.29, 0.717) is 5.56 Å². The lowest BCUT2D eigenvalue weighted by Crippen LogP contribution is -2.39. The van der Waals surface area contributed by atoms with Crippen molar-refractivity contribution in [2.75, 3.05) is 18.0 Å². The highest BCUT2D eigenvalue weighted by Crippen LogP contribution is 2.18. The molecule has 0 saturated heterocycles. The van der Waals surface area contributed by atoms with Crippen molar-refractivity contribution < 1.29 is 19.1 Å². The number of primary amides is 2. The molecule has 5 N–H and O–H groups in total. The highest BCUT2D eigenvalue weighted by molar-refractivity contribution is 5.84. The molecule has 0 saturated carbocycles. The zero-order chi connectivity index (χ0) is 13.7. The monoisotopic (exact) mass is 255 g/mol. The van der Waals surface area contributed by atoms with Gasteiger partial charge in [-0.25, -0.2) is 4.39 Å².